The number of fused-ring (bicyclic) bond motifs is 1. The first-order valence-corrected chi connectivity index (χ1v) is 8.65. The molecular formula is C14H22N2O4S. The molecule has 1 aliphatic heterocycles. The number of nitrogens with two attached hydrogens (primary N) is 1. The fourth-order valence-corrected chi connectivity index (χ4v) is 3.57. The number of hydrogen-bond acceptors (Lipinski definition) is 5. The van der Waals surface area contributed by atoms with Crippen LogP contribution >= 0.6 is 0 Å². The third-order valence-electron chi connectivity index (χ3n) is 3.24. The summed E-state index contributed by atoms with van der Waals surface area (Å²) in [5, 5.41) is 0. The third kappa shape index (κ3) is 4.09. The lowest BCUT2D eigenvalue weighted by Gasteiger charge is -2.21. The summed E-state index contributed by atoms with van der Waals surface area (Å²) in [5.74, 6) is 0.438. The second-order valence-electron chi connectivity index (χ2n) is 4.91. The summed E-state index contributed by atoms with van der Waals surface area (Å²) in [5.41, 5.74) is 7.10. The zero-order chi connectivity index (χ0) is 15.3. The number of rotatable bonds is 7. The van der Waals surface area contributed by atoms with Gasteiger partial charge in [-0.1, -0.05) is 0 Å². The van der Waals surface area contributed by atoms with Crippen molar-refractivity contribution in [2.45, 2.75) is 31.1 Å². The highest BCUT2D eigenvalue weighted by Crippen LogP contribution is 2.34. The number of anilines is 1. The molecule has 21 heavy (non-hydrogen) atoms. The lowest BCUT2D eigenvalue weighted by atomic mass is 10.1. The highest BCUT2D eigenvalue weighted by Gasteiger charge is 2.24. The number of nitrogens with one attached hydrogen (secondary N) is 1. The van der Waals surface area contributed by atoms with E-state index in [0.717, 1.165) is 18.4 Å². The summed E-state index contributed by atoms with van der Waals surface area (Å²) in [6, 6.07) is 3.23. The van der Waals surface area contributed by atoms with Crippen molar-refractivity contribution < 1.29 is 17.9 Å². The van der Waals surface area contributed by atoms with Crippen LogP contribution in [0, 0.1) is 0 Å². The molecule has 0 bridgehead atoms. The minimum atomic E-state index is -3.62. The number of sulfonamides is 1. The van der Waals surface area contributed by atoms with Crippen molar-refractivity contribution in [1.29, 1.82) is 0 Å². The molecule has 6 nitrogen and oxygen atoms in total. The average molecular weight is 314 g/mol. The Morgan fingerprint density at radius 2 is 2.24 bits per heavy atom. The fourth-order valence-electron chi connectivity index (χ4n) is 2.27. The SMILES string of the molecule is CCOCCCNS(=O)(=O)c1cc(N)cc2c1OCCC2. The van der Waals surface area contributed by atoms with Gasteiger partial charge in [0.15, 0.2) is 0 Å². The maximum atomic E-state index is 12.4. The third-order valence-corrected chi connectivity index (χ3v) is 4.71. The van der Waals surface area contributed by atoms with Crippen LogP contribution in [0.2, 0.25) is 0 Å². The maximum Gasteiger partial charge on any atom is 0.244 e. The van der Waals surface area contributed by atoms with Crippen LogP contribution in [0.3, 0.4) is 0 Å². The Labute approximate surface area is 125 Å². The van der Waals surface area contributed by atoms with Crippen LogP contribution in [-0.4, -0.2) is 34.8 Å². The van der Waals surface area contributed by atoms with E-state index in [9.17, 15) is 8.42 Å². The minimum Gasteiger partial charge on any atom is -0.492 e. The molecule has 0 saturated heterocycles. The molecule has 1 aromatic rings. The summed E-state index contributed by atoms with van der Waals surface area (Å²) in [6.45, 7) is 3.92. The molecule has 1 heterocycles. The predicted octanol–water partition coefficient (Wildman–Crippen LogP) is 1.30. The molecule has 118 valence electrons. The topological polar surface area (TPSA) is 90.7 Å². The van der Waals surface area contributed by atoms with E-state index >= 15 is 0 Å². The van der Waals surface area contributed by atoms with Crippen molar-refractivity contribution in [3.8, 4) is 5.75 Å². The van der Waals surface area contributed by atoms with Crippen LogP contribution in [0.5, 0.6) is 5.75 Å². The second kappa shape index (κ2) is 7.11. The molecule has 0 saturated carbocycles. The highest BCUT2D eigenvalue weighted by molar-refractivity contribution is 7.89. The average Bonchev–Trinajstić information content (AvgIpc) is 2.46. The molecule has 0 amide bonds. The first-order valence-electron chi connectivity index (χ1n) is 7.17. The number of aryl methyl sites for hydroxylation is 1. The Bertz CT molecular complexity index is 587. The molecular weight excluding hydrogens is 292 g/mol. The summed E-state index contributed by atoms with van der Waals surface area (Å²) in [7, 11) is -3.62. The van der Waals surface area contributed by atoms with E-state index in [2.05, 4.69) is 4.72 Å². The van der Waals surface area contributed by atoms with Gasteiger partial charge in [0.2, 0.25) is 10.0 Å². The van der Waals surface area contributed by atoms with Crippen LogP contribution in [0.25, 0.3) is 0 Å². The smallest absolute Gasteiger partial charge is 0.244 e. The molecule has 0 atom stereocenters. The van der Waals surface area contributed by atoms with E-state index < -0.39 is 10.0 Å². The number of ether oxygens (including phenoxy) is 2. The van der Waals surface area contributed by atoms with Gasteiger partial charge in [-0.2, -0.15) is 0 Å². The molecule has 1 aliphatic rings. The van der Waals surface area contributed by atoms with Crippen LogP contribution in [0.1, 0.15) is 25.3 Å². The largest absolute Gasteiger partial charge is 0.492 e. The quantitative estimate of drug-likeness (QED) is 0.585. The molecule has 7 heteroatoms. The molecule has 0 aromatic heterocycles. The zero-order valence-electron chi connectivity index (χ0n) is 12.2. The monoisotopic (exact) mass is 314 g/mol. The molecule has 3 N–H and O–H groups in total. The lowest BCUT2D eigenvalue weighted by molar-refractivity contribution is 0.146. The summed E-state index contributed by atoms with van der Waals surface area (Å²) < 4.78 is 38.1. The van der Waals surface area contributed by atoms with Crippen molar-refractivity contribution >= 4 is 15.7 Å². The van der Waals surface area contributed by atoms with Crippen molar-refractivity contribution in [2.75, 3.05) is 32.1 Å². The minimum absolute atomic E-state index is 0.133. The van der Waals surface area contributed by atoms with Crippen molar-refractivity contribution in [1.82, 2.24) is 4.72 Å². The van der Waals surface area contributed by atoms with Crippen LogP contribution in [0.15, 0.2) is 17.0 Å². The molecule has 0 fully saturated rings. The summed E-state index contributed by atoms with van der Waals surface area (Å²) in [6.07, 6.45) is 2.28. The lowest BCUT2D eigenvalue weighted by Crippen LogP contribution is -2.27. The van der Waals surface area contributed by atoms with Gasteiger partial charge in [0.25, 0.3) is 0 Å². The first kappa shape index (κ1) is 16.1. The number of nitrogen functional groups attached to an aromatic ring is 1. The van der Waals surface area contributed by atoms with Gasteiger partial charge >= 0.3 is 0 Å². The van der Waals surface area contributed by atoms with E-state index in [1.807, 2.05) is 6.92 Å². The van der Waals surface area contributed by atoms with E-state index in [-0.39, 0.29) is 4.90 Å². The zero-order valence-corrected chi connectivity index (χ0v) is 13.0. The maximum absolute atomic E-state index is 12.4. The van der Waals surface area contributed by atoms with E-state index in [1.54, 1.807) is 6.07 Å². The van der Waals surface area contributed by atoms with Crippen molar-refractivity contribution in [3.05, 3.63) is 17.7 Å². The molecule has 2 rings (SSSR count). The van der Waals surface area contributed by atoms with Gasteiger partial charge in [0.1, 0.15) is 10.6 Å². The Morgan fingerprint density at radius 3 is 3.00 bits per heavy atom. The van der Waals surface area contributed by atoms with Crippen LogP contribution < -0.4 is 15.2 Å². The summed E-state index contributed by atoms with van der Waals surface area (Å²) in [4.78, 5) is 0.133. The molecule has 0 unspecified atom stereocenters. The van der Waals surface area contributed by atoms with Gasteiger partial charge in [-0.3, -0.25) is 0 Å². The standard InChI is InChI=1S/C14H22N2O4S/c1-2-19-7-4-6-16-21(17,18)13-10-12(15)9-11-5-3-8-20-14(11)13/h9-10,16H,2-8,15H2,1H3. The fraction of sp³-hybridized carbons (Fsp3) is 0.571. The van der Waals surface area contributed by atoms with Gasteiger partial charge < -0.3 is 15.2 Å². The van der Waals surface area contributed by atoms with E-state index in [4.69, 9.17) is 15.2 Å². The van der Waals surface area contributed by atoms with Crippen LogP contribution in [-0.2, 0) is 21.2 Å². The Balaban J connectivity index is 2.14. The number of hydrogen-bond donors (Lipinski definition) is 2. The molecule has 0 radical (unpaired) electrons. The summed E-state index contributed by atoms with van der Waals surface area (Å²) >= 11 is 0. The van der Waals surface area contributed by atoms with Gasteiger partial charge in [-0.15, -0.1) is 0 Å². The van der Waals surface area contributed by atoms with Gasteiger partial charge in [-0.25, -0.2) is 13.1 Å². The molecule has 1 aromatic carbocycles. The van der Waals surface area contributed by atoms with Gasteiger partial charge in [-0.05, 0) is 43.9 Å². The predicted molar refractivity (Wildman–Crippen MR) is 81.0 cm³/mol. The Hall–Kier alpha value is -1.31. The van der Waals surface area contributed by atoms with Gasteiger partial charge in [0.05, 0.1) is 6.61 Å². The van der Waals surface area contributed by atoms with E-state index in [1.165, 1.54) is 6.07 Å². The van der Waals surface area contributed by atoms with Crippen molar-refractivity contribution in [2.24, 2.45) is 0 Å². The van der Waals surface area contributed by atoms with Crippen LogP contribution in [0.4, 0.5) is 5.69 Å². The second-order valence-corrected chi connectivity index (χ2v) is 6.64. The number of benzene rings is 1. The molecule has 0 spiro atoms. The Morgan fingerprint density at radius 1 is 1.43 bits per heavy atom. The first-order chi connectivity index (χ1) is 10.0. The molecule has 0 aliphatic carbocycles. The highest BCUT2D eigenvalue weighted by atomic mass is 32.2. The Kier molecular flexibility index (Phi) is 5.44. The normalized spacial score (nSPS) is 14.5. The van der Waals surface area contributed by atoms with E-state index in [0.29, 0.717) is 44.2 Å². The van der Waals surface area contributed by atoms with Crippen molar-refractivity contribution in [3.63, 3.8) is 0 Å². The van der Waals surface area contributed by atoms with Gasteiger partial charge in [0, 0.05) is 25.4 Å².